The number of hydrogen-bond acceptors (Lipinski definition) is 0. The number of hydrogen-bond donors (Lipinski definition) is 0. The first kappa shape index (κ1) is 5.91. The Kier molecular flexibility index (Phi) is 1.93. The second-order valence-corrected chi connectivity index (χ2v) is 1.87. The lowest BCUT2D eigenvalue weighted by Gasteiger charge is -1.89. The number of terminal acetylenes is 1. The van der Waals surface area contributed by atoms with Gasteiger partial charge in [0.25, 0.3) is 0 Å². The molecule has 9 heavy (non-hydrogen) atoms. The molecular weight excluding hydrogens is 109 g/mol. The molecule has 0 nitrogen and oxygen atoms in total. The molecule has 0 heterocycles. The van der Waals surface area contributed by atoms with E-state index in [9.17, 15) is 0 Å². The molecule has 0 aliphatic rings. The van der Waals surface area contributed by atoms with Gasteiger partial charge in [-0.2, -0.15) is 0 Å². The van der Waals surface area contributed by atoms with Gasteiger partial charge in [0.15, 0.2) is 0 Å². The van der Waals surface area contributed by atoms with E-state index in [2.05, 4.69) is 5.92 Å². The van der Waals surface area contributed by atoms with E-state index in [-0.39, 0.29) is 0 Å². The van der Waals surface area contributed by atoms with Gasteiger partial charge in [-0.1, -0.05) is 30.3 Å². The Morgan fingerprint density at radius 1 is 1.22 bits per heavy atom. The van der Waals surface area contributed by atoms with Crippen LogP contribution in [-0.2, 0) is 6.42 Å². The molecule has 0 saturated carbocycles. The molecule has 0 unspecified atom stereocenters. The maximum atomic E-state index is 5.11. The molecule has 0 radical (unpaired) electrons. The van der Waals surface area contributed by atoms with Gasteiger partial charge in [0, 0.05) is 6.42 Å². The van der Waals surface area contributed by atoms with E-state index in [1.165, 1.54) is 5.56 Å². The zero-order valence-corrected chi connectivity index (χ0v) is 5.17. The van der Waals surface area contributed by atoms with Crippen LogP contribution >= 0.6 is 0 Å². The molecule has 1 aromatic rings. The summed E-state index contributed by atoms with van der Waals surface area (Å²) in [6.45, 7) is 0. The van der Waals surface area contributed by atoms with Crippen LogP contribution in [0.2, 0.25) is 0 Å². The highest BCUT2D eigenvalue weighted by Gasteiger charge is 1.82. The Morgan fingerprint density at radius 2 is 1.89 bits per heavy atom. The van der Waals surface area contributed by atoms with Gasteiger partial charge in [0.1, 0.15) is 0 Å². The van der Waals surface area contributed by atoms with Gasteiger partial charge in [-0.3, -0.25) is 0 Å². The molecule has 0 aliphatic carbocycles. The summed E-state index contributed by atoms with van der Waals surface area (Å²) in [4.78, 5) is 0. The predicted molar refractivity (Wildman–Crippen MR) is 39.0 cm³/mol. The minimum absolute atomic E-state index is 0.737. The SMILES string of the molecule is C#[13C]Cc1ccccc1. The van der Waals surface area contributed by atoms with Crippen LogP contribution in [0, 0.1) is 12.3 Å². The van der Waals surface area contributed by atoms with Gasteiger partial charge in [0.05, 0.1) is 0 Å². The lowest BCUT2D eigenvalue weighted by molar-refractivity contribution is 1.32. The van der Waals surface area contributed by atoms with Crippen LogP contribution in [0.25, 0.3) is 0 Å². The van der Waals surface area contributed by atoms with E-state index in [0.29, 0.717) is 0 Å². The number of rotatable bonds is 1. The lowest BCUT2D eigenvalue weighted by Crippen LogP contribution is -1.76. The van der Waals surface area contributed by atoms with E-state index in [1.54, 1.807) is 0 Å². The van der Waals surface area contributed by atoms with Crippen molar-refractivity contribution in [3.05, 3.63) is 35.9 Å². The molecule has 0 saturated heterocycles. The van der Waals surface area contributed by atoms with Crippen molar-refractivity contribution in [1.29, 1.82) is 0 Å². The quantitative estimate of drug-likeness (QED) is 0.389. The van der Waals surface area contributed by atoms with Crippen LogP contribution in [0.1, 0.15) is 5.56 Å². The fourth-order valence-corrected chi connectivity index (χ4v) is 0.714. The van der Waals surface area contributed by atoms with Crippen molar-refractivity contribution in [2.75, 3.05) is 0 Å². The van der Waals surface area contributed by atoms with Gasteiger partial charge >= 0.3 is 0 Å². The van der Waals surface area contributed by atoms with Crippen molar-refractivity contribution in [3.63, 3.8) is 0 Å². The first-order valence-corrected chi connectivity index (χ1v) is 2.91. The van der Waals surface area contributed by atoms with Crippen molar-refractivity contribution in [2.45, 2.75) is 6.42 Å². The highest BCUT2D eigenvalue weighted by molar-refractivity contribution is 5.18. The number of benzene rings is 1. The molecule has 0 N–H and O–H groups in total. The first-order valence-electron chi connectivity index (χ1n) is 2.91. The fraction of sp³-hybridized carbons (Fsp3) is 0.111. The lowest BCUT2D eigenvalue weighted by atomic mass is 10.2. The molecule has 1 aromatic carbocycles. The molecule has 0 spiro atoms. The zero-order chi connectivity index (χ0) is 6.53. The Labute approximate surface area is 55.5 Å². The molecule has 1 rings (SSSR count). The van der Waals surface area contributed by atoms with E-state index in [1.807, 2.05) is 30.3 Å². The van der Waals surface area contributed by atoms with Crippen LogP contribution in [0.4, 0.5) is 0 Å². The molecule has 0 bridgehead atoms. The maximum absolute atomic E-state index is 5.11. The molecule has 44 valence electrons. The predicted octanol–water partition coefficient (Wildman–Crippen LogP) is 1.86. The Bertz CT molecular complexity index is 203. The largest absolute Gasteiger partial charge is 0.120 e. The second kappa shape index (κ2) is 2.94. The third-order valence-electron chi connectivity index (χ3n) is 1.15. The molecule has 0 aliphatic heterocycles. The average molecular weight is 117 g/mol. The third kappa shape index (κ3) is 1.62. The van der Waals surface area contributed by atoms with E-state index in [4.69, 9.17) is 6.42 Å². The summed E-state index contributed by atoms with van der Waals surface area (Å²) in [5.41, 5.74) is 1.21. The molecule has 0 aromatic heterocycles. The monoisotopic (exact) mass is 117 g/mol. The Balaban J connectivity index is 2.76. The average Bonchev–Trinajstić information content (AvgIpc) is 1.91. The summed E-state index contributed by atoms with van der Waals surface area (Å²) in [6, 6.07) is 10.0. The topological polar surface area (TPSA) is 0 Å². The van der Waals surface area contributed by atoms with Gasteiger partial charge in [0.2, 0.25) is 0 Å². The smallest absolute Gasteiger partial charge is 0.0337 e. The summed E-state index contributed by atoms with van der Waals surface area (Å²) in [7, 11) is 0. The van der Waals surface area contributed by atoms with Crippen molar-refractivity contribution in [1.82, 2.24) is 0 Å². The Hall–Kier alpha value is -1.22. The molecule has 0 atom stereocenters. The van der Waals surface area contributed by atoms with Gasteiger partial charge in [-0.05, 0) is 5.56 Å². The molecule has 0 fully saturated rings. The highest BCUT2D eigenvalue weighted by Crippen LogP contribution is 1.96. The zero-order valence-electron chi connectivity index (χ0n) is 5.17. The van der Waals surface area contributed by atoms with Crippen molar-refractivity contribution in [3.8, 4) is 12.3 Å². The standard InChI is InChI=1S/C9H8/c1-2-6-9-7-4-3-5-8-9/h1,3-5,7-8H,6H2/i2+1. The van der Waals surface area contributed by atoms with Crippen LogP contribution in [0.3, 0.4) is 0 Å². The van der Waals surface area contributed by atoms with Crippen molar-refractivity contribution < 1.29 is 0 Å². The normalized spacial score (nSPS) is 8.33. The van der Waals surface area contributed by atoms with E-state index >= 15 is 0 Å². The molecule has 0 amide bonds. The van der Waals surface area contributed by atoms with Crippen molar-refractivity contribution in [2.24, 2.45) is 0 Å². The third-order valence-corrected chi connectivity index (χ3v) is 1.15. The summed E-state index contributed by atoms with van der Waals surface area (Å²) < 4.78 is 0. The van der Waals surface area contributed by atoms with Crippen LogP contribution < -0.4 is 0 Å². The van der Waals surface area contributed by atoms with Gasteiger partial charge < -0.3 is 0 Å². The minimum atomic E-state index is 0.737. The summed E-state index contributed by atoms with van der Waals surface area (Å²) in [5.74, 6) is 2.58. The van der Waals surface area contributed by atoms with Gasteiger partial charge in [-0.15, -0.1) is 12.3 Å². The van der Waals surface area contributed by atoms with Crippen LogP contribution in [0.5, 0.6) is 0 Å². The maximum Gasteiger partial charge on any atom is 0.0337 e. The molecular formula is C9H8. The second-order valence-electron chi connectivity index (χ2n) is 1.87. The van der Waals surface area contributed by atoms with Crippen LogP contribution in [-0.4, -0.2) is 0 Å². The minimum Gasteiger partial charge on any atom is -0.120 e. The van der Waals surface area contributed by atoms with E-state index < -0.39 is 0 Å². The summed E-state index contributed by atoms with van der Waals surface area (Å²) in [5, 5.41) is 0. The summed E-state index contributed by atoms with van der Waals surface area (Å²) >= 11 is 0. The van der Waals surface area contributed by atoms with Crippen molar-refractivity contribution >= 4 is 0 Å². The fourth-order valence-electron chi connectivity index (χ4n) is 0.714. The van der Waals surface area contributed by atoms with Gasteiger partial charge in [-0.25, -0.2) is 0 Å². The molecule has 0 heteroatoms. The summed E-state index contributed by atoms with van der Waals surface area (Å²) in [6.07, 6.45) is 5.85. The van der Waals surface area contributed by atoms with E-state index in [0.717, 1.165) is 6.42 Å². The highest BCUT2D eigenvalue weighted by atomic mass is 14.0. The first-order chi connectivity index (χ1) is 4.43. The van der Waals surface area contributed by atoms with Crippen LogP contribution in [0.15, 0.2) is 30.3 Å². The Morgan fingerprint density at radius 3 is 2.44 bits per heavy atom.